The Labute approximate surface area is 142 Å². The quantitative estimate of drug-likeness (QED) is 0.419. The summed E-state index contributed by atoms with van der Waals surface area (Å²) in [6, 6.07) is 9.02. The van der Waals surface area contributed by atoms with Crippen molar-refractivity contribution in [1.29, 1.82) is 0 Å². The number of azo groups is 1. The van der Waals surface area contributed by atoms with E-state index in [-0.39, 0.29) is 22.8 Å². The van der Waals surface area contributed by atoms with Crippen molar-refractivity contribution in [3.8, 4) is 5.88 Å². The zero-order valence-electron chi connectivity index (χ0n) is 13.5. The third-order valence-corrected chi connectivity index (χ3v) is 3.87. The van der Waals surface area contributed by atoms with Crippen molar-refractivity contribution in [2.45, 2.75) is 13.8 Å². The maximum absolute atomic E-state index is 12.1. The SMILES string of the molecule is Cc1ccc(C)c2c(N=NC(=O)c3cccc([N+](=O)[O-])c3)c(O)[nH]c12. The number of nitrogens with one attached hydrogen (secondary N) is 1. The number of nitrogens with zero attached hydrogens (tertiary/aromatic N) is 3. The minimum Gasteiger partial charge on any atom is -0.493 e. The van der Waals surface area contributed by atoms with Gasteiger partial charge in [0.2, 0.25) is 5.88 Å². The summed E-state index contributed by atoms with van der Waals surface area (Å²) < 4.78 is 0. The second-order valence-electron chi connectivity index (χ2n) is 5.58. The van der Waals surface area contributed by atoms with Crippen LogP contribution in [0.4, 0.5) is 11.4 Å². The maximum atomic E-state index is 12.1. The molecule has 0 aliphatic heterocycles. The number of hydrogen-bond donors (Lipinski definition) is 2. The van der Waals surface area contributed by atoms with E-state index in [0.29, 0.717) is 10.9 Å². The fraction of sp³-hybridized carbons (Fsp3) is 0.118. The summed E-state index contributed by atoms with van der Waals surface area (Å²) in [6.07, 6.45) is 0. The average molecular weight is 338 g/mol. The van der Waals surface area contributed by atoms with E-state index >= 15 is 0 Å². The van der Waals surface area contributed by atoms with Gasteiger partial charge < -0.3 is 10.1 Å². The Morgan fingerprint density at radius 1 is 1.20 bits per heavy atom. The molecule has 1 aromatic heterocycles. The first-order chi connectivity index (χ1) is 11.9. The highest BCUT2D eigenvalue weighted by Crippen LogP contribution is 2.38. The molecule has 0 fully saturated rings. The van der Waals surface area contributed by atoms with Crippen LogP contribution in [0.2, 0.25) is 0 Å². The van der Waals surface area contributed by atoms with Gasteiger partial charge in [-0.1, -0.05) is 18.2 Å². The smallest absolute Gasteiger partial charge is 0.295 e. The Balaban J connectivity index is 2.00. The third-order valence-electron chi connectivity index (χ3n) is 3.87. The van der Waals surface area contributed by atoms with E-state index in [1.165, 1.54) is 18.2 Å². The lowest BCUT2D eigenvalue weighted by atomic mass is 10.1. The molecule has 0 saturated carbocycles. The van der Waals surface area contributed by atoms with Gasteiger partial charge in [0.15, 0.2) is 5.69 Å². The zero-order valence-corrected chi connectivity index (χ0v) is 13.5. The van der Waals surface area contributed by atoms with Gasteiger partial charge in [-0.15, -0.1) is 10.2 Å². The molecule has 0 aliphatic rings. The first-order valence-corrected chi connectivity index (χ1v) is 7.40. The molecule has 8 heteroatoms. The molecular weight excluding hydrogens is 324 g/mol. The second-order valence-corrected chi connectivity index (χ2v) is 5.58. The molecule has 0 unspecified atom stereocenters. The number of carbonyl (C=O) groups is 1. The van der Waals surface area contributed by atoms with E-state index in [4.69, 9.17) is 0 Å². The van der Waals surface area contributed by atoms with Crippen LogP contribution in [0.5, 0.6) is 5.88 Å². The van der Waals surface area contributed by atoms with Gasteiger partial charge >= 0.3 is 0 Å². The molecule has 1 amide bonds. The number of fused-ring (bicyclic) bond motifs is 1. The van der Waals surface area contributed by atoms with E-state index in [1.54, 1.807) is 0 Å². The Kier molecular flexibility index (Phi) is 4.02. The molecule has 0 bridgehead atoms. The van der Waals surface area contributed by atoms with Crippen molar-refractivity contribution >= 4 is 28.2 Å². The minimum atomic E-state index is -0.734. The topological polar surface area (TPSA) is 121 Å². The van der Waals surface area contributed by atoms with E-state index < -0.39 is 10.8 Å². The minimum absolute atomic E-state index is 0.0465. The van der Waals surface area contributed by atoms with Gasteiger partial charge in [-0.2, -0.15) is 0 Å². The normalized spacial score (nSPS) is 11.3. The van der Waals surface area contributed by atoms with Gasteiger partial charge in [-0.25, -0.2) is 0 Å². The monoisotopic (exact) mass is 338 g/mol. The Morgan fingerprint density at radius 2 is 1.92 bits per heavy atom. The summed E-state index contributed by atoms with van der Waals surface area (Å²) in [5.41, 5.74) is 2.51. The van der Waals surface area contributed by atoms with Gasteiger partial charge in [-0.3, -0.25) is 14.9 Å². The molecule has 0 atom stereocenters. The molecular formula is C17H14N4O4. The number of rotatable bonds is 3. The first kappa shape index (κ1) is 16.3. The number of nitro benzene ring substituents is 1. The highest BCUT2D eigenvalue weighted by atomic mass is 16.6. The van der Waals surface area contributed by atoms with E-state index in [1.807, 2.05) is 26.0 Å². The molecule has 3 rings (SSSR count). The molecule has 0 spiro atoms. The molecule has 0 saturated heterocycles. The largest absolute Gasteiger partial charge is 0.493 e. The van der Waals surface area contributed by atoms with Crippen LogP contribution in [0.1, 0.15) is 21.5 Å². The highest BCUT2D eigenvalue weighted by Gasteiger charge is 2.16. The predicted octanol–water partition coefficient (Wildman–Crippen LogP) is 4.32. The lowest BCUT2D eigenvalue weighted by Gasteiger charge is -2.00. The summed E-state index contributed by atoms with van der Waals surface area (Å²) >= 11 is 0. The number of benzene rings is 2. The van der Waals surface area contributed by atoms with Crippen molar-refractivity contribution in [1.82, 2.24) is 4.98 Å². The number of amides is 1. The van der Waals surface area contributed by atoms with E-state index in [9.17, 15) is 20.0 Å². The van der Waals surface area contributed by atoms with Crippen LogP contribution in [0, 0.1) is 24.0 Å². The number of hydrogen-bond acceptors (Lipinski definition) is 5. The average Bonchev–Trinajstić information content (AvgIpc) is 2.94. The summed E-state index contributed by atoms with van der Waals surface area (Å²) in [7, 11) is 0. The van der Waals surface area contributed by atoms with Gasteiger partial charge in [0.1, 0.15) is 0 Å². The molecule has 3 aromatic rings. The molecule has 2 N–H and O–H groups in total. The Bertz CT molecular complexity index is 1040. The van der Waals surface area contributed by atoms with Crippen LogP contribution in [0.3, 0.4) is 0 Å². The van der Waals surface area contributed by atoms with Crippen molar-refractivity contribution < 1.29 is 14.8 Å². The second kappa shape index (κ2) is 6.16. The van der Waals surface area contributed by atoms with Crippen molar-refractivity contribution in [3.05, 3.63) is 63.2 Å². The number of nitro groups is 1. The molecule has 126 valence electrons. The zero-order chi connectivity index (χ0) is 18.1. The van der Waals surface area contributed by atoms with E-state index in [0.717, 1.165) is 17.2 Å². The fourth-order valence-electron chi connectivity index (χ4n) is 2.58. The van der Waals surface area contributed by atoms with Gasteiger partial charge in [0, 0.05) is 17.5 Å². The number of aromatic amines is 1. The van der Waals surface area contributed by atoms with Crippen LogP contribution < -0.4 is 0 Å². The number of aryl methyl sites for hydroxylation is 2. The molecule has 1 heterocycles. The van der Waals surface area contributed by atoms with Gasteiger partial charge in [0.05, 0.1) is 16.0 Å². The van der Waals surface area contributed by atoms with Crippen LogP contribution in [0.25, 0.3) is 10.9 Å². The lowest BCUT2D eigenvalue weighted by molar-refractivity contribution is -0.384. The van der Waals surface area contributed by atoms with Crippen molar-refractivity contribution in [3.63, 3.8) is 0 Å². The predicted molar refractivity (Wildman–Crippen MR) is 91.4 cm³/mol. The number of aromatic nitrogens is 1. The summed E-state index contributed by atoms with van der Waals surface area (Å²) in [4.78, 5) is 25.2. The third kappa shape index (κ3) is 2.97. The maximum Gasteiger partial charge on any atom is 0.295 e. The van der Waals surface area contributed by atoms with Crippen LogP contribution in [-0.4, -0.2) is 20.9 Å². The molecule has 0 aliphatic carbocycles. The van der Waals surface area contributed by atoms with Crippen LogP contribution >= 0.6 is 0 Å². The molecule has 8 nitrogen and oxygen atoms in total. The standard InChI is InChI=1S/C17H14N4O4/c1-9-6-7-10(2)14-13(9)15(17(23)18-14)19-20-16(22)11-4-3-5-12(8-11)21(24)25/h3-8,18,23H,1-2H3. The van der Waals surface area contributed by atoms with Crippen LogP contribution in [-0.2, 0) is 0 Å². The molecule has 2 aromatic carbocycles. The van der Waals surface area contributed by atoms with Gasteiger partial charge in [-0.05, 0) is 31.0 Å². The first-order valence-electron chi connectivity index (χ1n) is 7.40. The lowest BCUT2D eigenvalue weighted by Crippen LogP contribution is -1.96. The summed E-state index contributed by atoms with van der Waals surface area (Å²) in [5, 5.41) is 29.0. The molecule has 0 radical (unpaired) electrons. The molecule has 25 heavy (non-hydrogen) atoms. The fourth-order valence-corrected chi connectivity index (χ4v) is 2.58. The van der Waals surface area contributed by atoms with Crippen LogP contribution in [0.15, 0.2) is 46.6 Å². The summed E-state index contributed by atoms with van der Waals surface area (Å²) in [5.74, 6) is -0.925. The number of carbonyl (C=O) groups excluding carboxylic acids is 1. The van der Waals surface area contributed by atoms with E-state index in [2.05, 4.69) is 15.2 Å². The van der Waals surface area contributed by atoms with Crippen molar-refractivity contribution in [2.24, 2.45) is 10.2 Å². The highest BCUT2D eigenvalue weighted by molar-refractivity contribution is 5.99. The van der Waals surface area contributed by atoms with Gasteiger partial charge in [0.25, 0.3) is 11.6 Å². The Morgan fingerprint density at radius 3 is 2.64 bits per heavy atom. The number of H-pyrrole nitrogens is 1. The number of aromatic hydroxyl groups is 1. The number of non-ortho nitro benzene ring substituents is 1. The summed E-state index contributed by atoms with van der Waals surface area (Å²) in [6.45, 7) is 3.74. The van der Waals surface area contributed by atoms with Crippen molar-refractivity contribution in [2.75, 3.05) is 0 Å². The Hall–Kier alpha value is -3.55.